The van der Waals surface area contributed by atoms with E-state index in [2.05, 4.69) is 18.3 Å². The molecule has 0 spiro atoms. The Morgan fingerprint density at radius 2 is 2.00 bits per heavy atom. The van der Waals surface area contributed by atoms with Crippen LogP contribution >= 0.6 is 11.8 Å². The maximum Gasteiger partial charge on any atom is 0.0669 e. The minimum Gasteiger partial charge on any atom is -0.310 e. The van der Waals surface area contributed by atoms with Crippen LogP contribution in [-0.2, 0) is 0 Å². The van der Waals surface area contributed by atoms with Crippen LogP contribution in [0.3, 0.4) is 0 Å². The molecule has 0 aromatic heterocycles. The van der Waals surface area contributed by atoms with Gasteiger partial charge in [-0.3, -0.25) is 0 Å². The topological polar surface area (TPSA) is 35.8 Å². The highest BCUT2D eigenvalue weighted by Gasteiger charge is 2.18. The average Bonchev–Trinajstić information content (AvgIpc) is 2.18. The molecule has 1 fully saturated rings. The van der Waals surface area contributed by atoms with Gasteiger partial charge in [0.1, 0.15) is 0 Å². The minimum absolute atomic E-state index is 0.120. The molecule has 3 heteroatoms. The summed E-state index contributed by atoms with van der Waals surface area (Å²) in [4.78, 5) is 0. The number of hydrogen-bond acceptors (Lipinski definition) is 3. The third-order valence-electron chi connectivity index (χ3n) is 2.67. The Hall–Kier alpha value is -0.200. The van der Waals surface area contributed by atoms with Crippen molar-refractivity contribution in [3.63, 3.8) is 0 Å². The van der Waals surface area contributed by atoms with Crippen molar-refractivity contribution in [1.29, 1.82) is 5.26 Å². The van der Waals surface area contributed by atoms with Gasteiger partial charge in [-0.15, -0.1) is 0 Å². The maximum atomic E-state index is 8.74. The largest absolute Gasteiger partial charge is 0.310 e. The monoisotopic (exact) mass is 198 g/mol. The van der Waals surface area contributed by atoms with Crippen molar-refractivity contribution in [1.82, 2.24) is 5.32 Å². The van der Waals surface area contributed by atoms with Crippen LogP contribution in [0.4, 0.5) is 0 Å². The first-order valence-corrected chi connectivity index (χ1v) is 6.13. The first kappa shape index (κ1) is 10.9. The molecule has 1 heterocycles. The molecule has 2 unspecified atom stereocenters. The SMILES string of the molecule is CC(C#N)C(C)NC1CCSCC1. The van der Waals surface area contributed by atoms with Crippen molar-refractivity contribution >= 4 is 11.8 Å². The lowest BCUT2D eigenvalue weighted by Gasteiger charge is -2.27. The fraction of sp³-hybridized carbons (Fsp3) is 0.900. The third kappa shape index (κ3) is 3.58. The van der Waals surface area contributed by atoms with Gasteiger partial charge in [0.25, 0.3) is 0 Å². The fourth-order valence-electron chi connectivity index (χ4n) is 1.49. The molecule has 1 N–H and O–H groups in total. The van der Waals surface area contributed by atoms with Gasteiger partial charge in [-0.1, -0.05) is 0 Å². The molecule has 2 nitrogen and oxygen atoms in total. The Balaban J connectivity index is 2.26. The van der Waals surface area contributed by atoms with Crippen molar-refractivity contribution in [2.24, 2.45) is 5.92 Å². The van der Waals surface area contributed by atoms with Crippen LogP contribution < -0.4 is 5.32 Å². The molecule has 2 atom stereocenters. The quantitative estimate of drug-likeness (QED) is 0.753. The first-order valence-electron chi connectivity index (χ1n) is 4.97. The van der Waals surface area contributed by atoms with Gasteiger partial charge in [0, 0.05) is 12.1 Å². The van der Waals surface area contributed by atoms with E-state index in [1.54, 1.807) is 0 Å². The summed E-state index contributed by atoms with van der Waals surface area (Å²) in [6.45, 7) is 4.09. The van der Waals surface area contributed by atoms with E-state index in [0.717, 1.165) is 0 Å². The van der Waals surface area contributed by atoms with Crippen LogP contribution in [0.25, 0.3) is 0 Å². The summed E-state index contributed by atoms with van der Waals surface area (Å²) in [6.07, 6.45) is 2.51. The Morgan fingerprint density at radius 3 is 2.54 bits per heavy atom. The summed E-state index contributed by atoms with van der Waals surface area (Å²) < 4.78 is 0. The Kier molecular flexibility index (Phi) is 4.61. The molecule has 13 heavy (non-hydrogen) atoms. The van der Waals surface area contributed by atoms with Gasteiger partial charge in [0.15, 0.2) is 0 Å². The molecule has 1 aliphatic rings. The fourth-order valence-corrected chi connectivity index (χ4v) is 2.60. The Bertz CT molecular complexity index is 182. The normalized spacial score (nSPS) is 23.5. The first-order chi connectivity index (χ1) is 6.24. The van der Waals surface area contributed by atoms with Crippen molar-refractivity contribution in [2.75, 3.05) is 11.5 Å². The molecular formula is C10H18N2S. The van der Waals surface area contributed by atoms with Crippen LogP contribution in [0.5, 0.6) is 0 Å². The zero-order chi connectivity index (χ0) is 9.68. The Labute approximate surface area is 85.1 Å². The van der Waals surface area contributed by atoms with Gasteiger partial charge < -0.3 is 5.32 Å². The highest BCUT2D eigenvalue weighted by atomic mass is 32.2. The second-order valence-electron chi connectivity index (χ2n) is 3.76. The number of thioether (sulfide) groups is 1. The summed E-state index contributed by atoms with van der Waals surface area (Å²) in [5, 5.41) is 12.3. The summed E-state index contributed by atoms with van der Waals surface area (Å²) in [5.74, 6) is 2.66. The predicted octanol–water partition coefficient (Wildman–Crippen LogP) is 2.02. The summed E-state index contributed by atoms with van der Waals surface area (Å²) in [5.41, 5.74) is 0. The number of rotatable bonds is 3. The summed E-state index contributed by atoms with van der Waals surface area (Å²) in [6, 6.07) is 3.26. The van der Waals surface area contributed by atoms with Crippen LogP contribution in [0, 0.1) is 17.2 Å². The highest BCUT2D eigenvalue weighted by Crippen LogP contribution is 2.18. The Morgan fingerprint density at radius 1 is 1.38 bits per heavy atom. The molecule has 0 aromatic carbocycles. The third-order valence-corrected chi connectivity index (χ3v) is 3.72. The second-order valence-corrected chi connectivity index (χ2v) is 4.98. The van der Waals surface area contributed by atoms with E-state index in [9.17, 15) is 0 Å². The summed E-state index contributed by atoms with van der Waals surface area (Å²) in [7, 11) is 0. The molecule has 0 bridgehead atoms. The van der Waals surface area contributed by atoms with Crippen molar-refractivity contribution in [3.05, 3.63) is 0 Å². The second kappa shape index (κ2) is 5.51. The number of nitrogens with one attached hydrogen (secondary N) is 1. The van der Waals surface area contributed by atoms with E-state index in [1.807, 2.05) is 18.7 Å². The van der Waals surface area contributed by atoms with Crippen molar-refractivity contribution in [3.8, 4) is 6.07 Å². The number of nitrogens with zero attached hydrogens (tertiary/aromatic N) is 1. The lowest BCUT2D eigenvalue weighted by atomic mass is 10.0. The van der Waals surface area contributed by atoms with Crippen molar-refractivity contribution in [2.45, 2.75) is 38.8 Å². The number of nitriles is 1. The minimum atomic E-state index is 0.120. The molecule has 0 aromatic rings. The molecule has 1 aliphatic heterocycles. The zero-order valence-electron chi connectivity index (χ0n) is 8.42. The molecule has 0 amide bonds. The molecule has 0 radical (unpaired) electrons. The standard InChI is InChI=1S/C10H18N2S/c1-8(7-11)9(2)12-10-3-5-13-6-4-10/h8-10,12H,3-6H2,1-2H3. The molecule has 0 saturated carbocycles. The van der Waals surface area contributed by atoms with Gasteiger partial charge in [0.2, 0.25) is 0 Å². The van der Waals surface area contributed by atoms with E-state index in [4.69, 9.17) is 5.26 Å². The average molecular weight is 198 g/mol. The van der Waals surface area contributed by atoms with Crippen LogP contribution in [0.2, 0.25) is 0 Å². The van der Waals surface area contributed by atoms with Gasteiger partial charge in [-0.05, 0) is 38.2 Å². The van der Waals surface area contributed by atoms with Gasteiger partial charge in [-0.25, -0.2) is 0 Å². The van der Waals surface area contributed by atoms with E-state index < -0.39 is 0 Å². The maximum absolute atomic E-state index is 8.74. The van der Waals surface area contributed by atoms with E-state index >= 15 is 0 Å². The zero-order valence-corrected chi connectivity index (χ0v) is 9.23. The van der Waals surface area contributed by atoms with E-state index in [1.165, 1.54) is 24.3 Å². The van der Waals surface area contributed by atoms with Crippen LogP contribution in [0.15, 0.2) is 0 Å². The van der Waals surface area contributed by atoms with Gasteiger partial charge >= 0.3 is 0 Å². The van der Waals surface area contributed by atoms with Gasteiger partial charge in [0.05, 0.1) is 12.0 Å². The lowest BCUT2D eigenvalue weighted by molar-refractivity contribution is 0.381. The molecule has 0 aliphatic carbocycles. The molecule has 1 rings (SSSR count). The van der Waals surface area contributed by atoms with Crippen molar-refractivity contribution < 1.29 is 0 Å². The molecule has 1 saturated heterocycles. The molecule has 74 valence electrons. The molecular weight excluding hydrogens is 180 g/mol. The van der Waals surface area contributed by atoms with Crippen LogP contribution in [0.1, 0.15) is 26.7 Å². The van der Waals surface area contributed by atoms with E-state index in [0.29, 0.717) is 12.1 Å². The van der Waals surface area contributed by atoms with Crippen LogP contribution in [-0.4, -0.2) is 23.6 Å². The lowest BCUT2D eigenvalue weighted by Crippen LogP contribution is -2.41. The van der Waals surface area contributed by atoms with Gasteiger partial charge in [-0.2, -0.15) is 17.0 Å². The predicted molar refractivity (Wildman–Crippen MR) is 57.7 cm³/mol. The smallest absolute Gasteiger partial charge is 0.0669 e. The van der Waals surface area contributed by atoms with E-state index in [-0.39, 0.29) is 5.92 Å². The summed E-state index contributed by atoms with van der Waals surface area (Å²) >= 11 is 2.03. The highest BCUT2D eigenvalue weighted by molar-refractivity contribution is 7.99. The number of hydrogen-bond donors (Lipinski definition) is 1.